The minimum atomic E-state index is 0.255. The Morgan fingerprint density at radius 2 is 2.29 bits per heavy atom. The van der Waals surface area contributed by atoms with E-state index < -0.39 is 0 Å². The van der Waals surface area contributed by atoms with Gasteiger partial charge < -0.3 is 9.88 Å². The summed E-state index contributed by atoms with van der Waals surface area (Å²) in [6.45, 7) is 2.87. The molecule has 1 aromatic heterocycles. The fourth-order valence-electron chi connectivity index (χ4n) is 1.70. The number of benzene rings is 1. The summed E-state index contributed by atoms with van der Waals surface area (Å²) >= 11 is 5.97. The standard InChI is InChI=1S/C13H16ClN3/c1-10(11-4-3-5-12(14)8-11)16-9-13-15-6-7-17(13)2/h3-8,10,16H,9H2,1-2H3/t10-/m0/s1. The Hall–Kier alpha value is -1.32. The van der Waals surface area contributed by atoms with E-state index in [9.17, 15) is 0 Å². The zero-order valence-electron chi connectivity index (χ0n) is 10.0. The van der Waals surface area contributed by atoms with E-state index in [2.05, 4.69) is 23.3 Å². The summed E-state index contributed by atoms with van der Waals surface area (Å²) in [4.78, 5) is 4.27. The first kappa shape index (κ1) is 12.1. The van der Waals surface area contributed by atoms with Crippen molar-refractivity contribution >= 4 is 11.6 Å². The number of halogens is 1. The third kappa shape index (κ3) is 3.08. The normalized spacial score (nSPS) is 12.6. The van der Waals surface area contributed by atoms with Crippen molar-refractivity contribution in [2.45, 2.75) is 19.5 Å². The highest BCUT2D eigenvalue weighted by molar-refractivity contribution is 6.30. The average Bonchev–Trinajstić information content (AvgIpc) is 2.72. The van der Waals surface area contributed by atoms with Gasteiger partial charge in [0, 0.05) is 30.5 Å². The summed E-state index contributed by atoms with van der Waals surface area (Å²) in [5.74, 6) is 1.03. The van der Waals surface area contributed by atoms with E-state index in [0.29, 0.717) is 0 Å². The second-order valence-corrected chi connectivity index (χ2v) is 4.55. The van der Waals surface area contributed by atoms with E-state index in [-0.39, 0.29) is 6.04 Å². The van der Waals surface area contributed by atoms with Crippen LogP contribution >= 0.6 is 11.6 Å². The number of hydrogen-bond donors (Lipinski definition) is 1. The highest BCUT2D eigenvalue weighted by Crippen LogP contribution is 2.17. The molecule has 0 aliphatic carbocycles. The van der Waals surface area contributed by atoms with Crippen LogP contribution in [0.5, 0.6) is 0 Å². The summed E-state index contributed by atoms with van der Waals surface area (Å²) in [6.07, 6.45) is 3.75. The van der Waals surface area contributed by atoms with Crippen LogP contribution in [0.3, 0.4) is 0 Å². The minimum absolute atomic E-state index is 0.255. The molecule has 0 amide bonds. The van der Waals surface area contributed by atoms with Gasteiger partial charge in [-0.25, -0.2) is 4.98 Å². The van der Waals surface area contributed by atoms with Crippen molar-refractivity contribution in [2.24, 2.45) is 7.05 Å². The van der Waals surface area contributed by atoms with Gasteiger partial charge in [-0.2, -0.15) is 0 Å². The Balaban J connectivity index is 1.98. The largest absolute Gasteiger partial charge is 0.337 e. The van der Waals surface area contributed by atoms with Gasteiger partial charge in [-0.3, -0.25) is 0 Å². The van der Waals surface area contributed by atoms with Gasteiger partial charge in [0.2, 0.25) is 0 Å². The van der Waals surface area contributed by atoms with E-state index in [1.165, 1.54) is 5.56 Å². The molecular formula is C13H16ClN3. The van der Waals surface area contributed by atoms with Crippen LogP contribution in [0.25, 0.3) is 0 Å². The van der Waals surface area contributed by atoms with Crippen molar-refractivity contribution in [3.63, 3.8) is 0 Å². The van der Waals surface area contributed by atoms with Gasteiger partial charge in [0.1, 0.15) is 5.82 Å². The van der Waals surface area contributed by atoms with E-state index in [4.69, 9.17) is 11.6 Å². The predicted molar refractivity (Wildman–Crippen MR) is 69.9 cm³/mol. The van der Waals surface area contributed by atoms with Crippen LogP contribution in [0.1, 0.15) is 24.4 Å². The maximum absolute atomic E-state index is 5.97. The van der Waals surface area contributed by atoms with Crippen molar-refractivity contribution in [1.29, 1.82) is 0 Å². The molecule has 1 atom stereocenters. The molecule has 1 N–H and O–H groups in total. The molecule has 90 valence electrons. The number of imidazole rings is 1. The monoisotopic (exact) mass is 249 g/mol. The summed E-state index contributed by atoms with van der Waals surface area (Å²) < 4.78 is 2.01. The van der Waals surface area contributed by atoms with Gasteiger partial charge in [0.25, 0.3) is 0 Å². The van der Waals surface area contributed by atoms with Crippen LogP contribution < -0.4 is 5.32 Å². The molecule has 0 aliphatic heterocycles. The van der Waals surface area contributed by atoms with Crippen LogP contribution in [-0.4, -0.2) is 9.55 Å². The smallest absolute Gasteiger partial charge is 0.122 e. The topological polar surface area (TPSA) is 29.9 Å². The number of aromatic nitrogens is 2. The molecule has 0 aliphatic rings. The van der Waals surface area contributed by atoms with Crippen LogP contribution in [0.2, 0.25) is 5.02 Å². The number of nitrogens with one attached hydrogen (secondary N) is 1. The van der Waals surface area contributed by atoms with Gasteiger partial charge in [-0.15, -0.1) is 0 Å². The first-order valence-corrected chi connectivity index (χ1v) is 5.99. The van der Waals surface area contributed by atoms with E-state index in [1.54, 1.807) is 6.20 Å². The Morgan fingerprint density at radius 3 is 2.94 bits per heavy atom. The fraction of sp³-hybridized carbons (Fsp3) is 0.308. The quantitative estimate of drug-likeness (QED) is 0.903. The Kier molecular flexibility index (Phi) is 3.82. The van der Waals surface area contributed by atoms with Crippen molar-refractivity contribution < 1.29 is 0 Å². The predicted octanol–water partition coefficient (Wildman–Crippen LogP) is 2.92. The Labute approximate surface area is 106 Å². The van der Waals surface area contributed by atoms with Crippen molar-refractivity contribution in [1.82, 2.24) is 14.9 Å². The third-order valence-corrected chi connectivity index (χ3v) is 3.07. The zero-order chi connectivity index (χ0) is 12.3. The average molecular weight is 250 g/mol. The highest BCUT2D eigenvalue weighted by atomic mass is 35.5. The molecule has 0 spiro atoms. The van der Waals surface area contributed by atoms with Crippen molar-refractivity contribution in [3.8, 4) is 0 Å². The first-order chi connectivity index (χ1) is 8.16. The maximum Gasteiger partial charge on any atom is 0.122 e. The summed E-state index contributed by atoms with van der Waals surface area (Å²) in [7, 11) is 1.99. The molecule has 0 fully saturated rings. The zero-order valence-corrected chi connectivity index (χ0v) is 10.8. The van der Waals surface area contributed by atoms with E-state index in [0.717, 1.165) is 17.4 Å². The fourth-order valence-corrected chi connectivity index (χ4v) is 1.90. The molecule has 0 unspecified atom stereocenters. The maximum atomic E-state index is 5.97. The molecule has 17 heavy (non-hydrogen) atoms. The van der Waals surface area contributed by atoms with Gasteiger partial charge in [-0.1, -0.05) is 23.7 Å². The molecule has 0 saturated carbocycles. The molecule has 0 bridgehead atoms. The SMILES string of the molecule is C[C@H](NCc1nccn1C)c1cccc(Cl)c1. The Bertz CT molecular complexity index is 493. The number of hydrogen-bond acceptors (Lipinski definition) is 2. The lowest BCUT2D eigenvalue weighted by atomic mass is 10.1. The molecule has 2 aromatic rings. The summed E-state index contributed by atoms with van der Waals surface area (Å²) in [5, 5.41) is 4.20. The Morgan fingerprint density at radius 1 is 1.47 bits per heavy atom. The number of rotatable bonds is 4. The van der Waals surface area contributed by atoms with Gasteiger partial charge >= 0.3 is 0 Å². The molecule has 1 heterocycles. The number of aryl methyl sites for hydroxylation is 1. The second-order valence-electron chi connectivity index (χ2n) is 4.11. The lowest BCUT2D eigenvalue weighted by Crippen LogP contribution is -2.20. The molecule has 3 nitrogen and oxygen atoms in total. The highest BCUT2D eigenvalue weighted by Gasteiger charge is 2.06. The molecule has 4 heteroatoms. The van der Waals surface area contributed by atoms with Crippen LogP contribution in [0.15, 0.2) is 36.7 Å². The van der Waals surface area contributed by atoms with Gasteiger partial charge in [0.05, 0.1) is 6.54 Å². The minimum Gasteiger partial charge on any atom is -0.337 e. The third-order valence-electron chi connectivity index (χ3n) is 2.84. The molecule has 1 aromatic carbocycles. The van der Waals surface area contributed by atoms with E-state index >= 15 is 0 Å². The van der Waals surface area contributed by atoms with Crippen molar-refractivity contribution in [3.05, 3.63) is 53.1 Å². The van der Waals surface area contributed by atoms with Crippen LogP contribution in [0, 0.1) is 0 Å². The van der Waals surface area contributed by atoms with Crippen LogP contribution in [-0.2, 0) is 13.6 Å². The van der Waals surface area contributed by atoms with E-state index in [1.807, 2.05) is 36.0 Å². The second kappa shape index (κ2) is 5.34. The van der Waals surface area contributed by atoms with Gasteiger partial charge in [0.15, 0.2) is 0 Å². The van der Waals surface area contributed by atoms with Gasteiger partial charge in [-0.05, 0) is 24.6 Å². The lowest BCUT2D eigenvalue weighted by Gasteiger charge is -2.14. The summed E-state index contributed by atoms with van der Waals surface area (Å²) in [5.41, 5.74) is 1.19. The molecule has 2 rings (SSSR count). The molecule has 0 radical (unpaired) electrons. The molecular weight excluding hydrogens is 234 g/mol. The lowest BCUT2D eigenvalue weighted by molar-refractivity contribution is 0.549. The van der Waals surface area contributed by atoms with Crippen LogP contribution in [0.4, 0.5) is 0 Å². The molecule has 0 saturated heterocycles. The summed E-state index contributed by atoms with van der Waals surface area (Å²) in [6, 6.07) is 8.16. The first-order valence-electron chi connectivity index (χ1n) is 5.62. The number of nitrogens with zero attached hydrogens (tertiary/aromatic N) is 2. The van der Waals surface area contributed by atoms with Crippen molar-refractivity contribution in [2.75, 3.05) is 0 Å².